The molecule has 0 spiro atoms. The molecule has 1 amide bonds. The van der Waals surface area contributed by atoms with Crippen molar-refractivity contribution in [3.63, 3.8) is 0 Å². The summed E-state index contributed by atoms with van der Waals surface area (Å²) in [6.45, 7) is 0.336. The van der Waals surface area contributed by atoms with Crippen molar-refractivity contribution in [2.45, 2.75) is 6.54 Å². The van der Waals surface area contributed by atoms with Crippen LogP contribution < -0.4 is 16.2 Å². The molecule has 0 atom stereocenters. The fourth-order valence-corrected chi connectivity index (χ4v) is 1.64. The molecular formula is C10H15N3O3S. The predicted molar refractivity (Wildman–Crippen MR) is 64.6 cm³/mol. The molecule has 0 aliphatic carbocycles. The molecule has 1 rings (SSSR count). The summed E-state index contributed by atoms with van der Waals surface area (Å²) < 4.78 is 21.3. The zero-order valence-electron chi connectivity index (χ0n) is 9.22. The van der Waals surface area contributed by atoms with Gasteiger partial charge in [0.05, 0.1) is 5.75 Å². The monoisotopic (exact) mass is 257 g/mol. The van der Waals surface area contributed by atoms with Crippen molar-refractivity contribution >= 4 is 15.9 Å². The van der Waals surface area contributed by atoms with Crippen molar-refractivity contribution in [1.82, 2.24) is 5.32 Å². The third-order valence-electron chi connectivity index (χ3n) is 2.10. The van der Waals surface area contributed by atoms with Crippen LogP contribution in [0.15, 0.2) is 24.3 Å². The topological polar surface area (TPSA) is 115 Å². The molecule has 0 fully saturated rings. The number of rotatable bonds is 5. The maximum atomic E-state index is 11.6. The van der Waals surface area contributed by atoms with Crippen LogP contribution in [0.2, 0.25) is 0 Å². The molecule has 6 nitrogen and oxygen atoms in total. The second kappa shape index (κ2) is 5.76. The molecule has 0 heterocycles. The van der Waals surface area contributed by atoms with Crippen molar-refractivity contribution in [3.05, 3.63) is 35.4 Å². The maximum Gasteiger partial charge on any atom is 0.251 e. The van der Waals surface area contributed by atoms with Crippen molar-refractivity contribution in [2.75, 3.05) is 12.3 Å². The van der Waals surface area contributed by atoms with E-state index < -0.39 is 10.0 Å². The Balaban J connectivity index is 2.58. The van der Waals surface area contributed by atoms with Gasteiger partial charge in [-0.15, -0.1) is 0 Å². The minimum absolute atomic E-state index is 0.00941. The maximum absolute atomic E-state index is 11.6. The van der Waals surface area contributed by atoms with Crippen molar-refractivity contribution in [3.8, 4) is 0 Å². The number of sulfonamides is 1. The van der Waals surface area contributed by atoms with Crippen LogP contribution in [0.4, 0.5) is 0 Å². The number of benzene rings is 1. The molecule has 0 aromatic heterocycles. The Kier molecular flexibility index (Phi) is 4.62. The Morgan fingerprint density at radius 2 is 2.06 bits per heavy atom. The van der Waals surface area contributed by atoms with Crippen LogP contribution in [-0.2, 0) is 16.6 Å². The molecule has 5 N–H and O–H groups in total. The Hall–Kier alpha value is -1.44. The van der Waals surface area contributed by atoms with E-state index in [0.29, 0.717) is 12.1 Å². The van der Waals surface area contributed by atoms with Gasteiger partial charge in [0.15, 0.2) is 0 Å². The summed E-state index contributed by atoms with van der Waals surface area (Å²) >= 11 is 0. The molecule has 0 bridgehead atoms. The number of nitrogens with two attached hydrogens (primary N) is 2. The van der Waals surface area contributed by atoms with Gasteiger partial charge in [0.25, 0.3) is 5.91 Å². The summed E-state index contributed by atoms with van der Waals surface area (Å²) in [7, 11) is -3.55. The lowest BCUT2D eigenvalue weighted by molar-refractivity contribution is 0.0956. The van der Waals surface area contributed by atoms with E-state index in [2.05, 4.69) is 5.32 Å². The number of hydrogen-bond acceptors (Lipinski definition) is 4. The Morgan fingerprint density at radius 3 is 2.65 bits per heavy atom. The average molecular weight is 257 g/mol. The molecule has 0 saturated heterocycles. The van der Waals surface area contributed by atoms with Crippen LogP contribution in [0.5, 0.6) is 0 Å². The second-order valence-corrected chi connectivity index (χ2v) is 5.26. The highest BCUT2D eigenvalue weighted by Crippen LogP contribution is 2.04. The second-order valence-electron chi connectivity index (χ2n) is 3.53. The van der Waals surface area contributed by atoms with E-state index in [4.69, 9.17) is 10.9 Å². The molecule has 0 radical (unpaired) electrons. The lowest BCUT2D eigenvalue weighted by Gasteiger charge is -2.05. The first-order valence-corrected chi connectivity index (χ1v) is 6.71. The van der Waals surface area contributed by atoms with Gasteiger partial charge in [-0.1, -0.05) is 12.1 Å². The fraction of sp³-hybridized carbons (Fsp3) is 0.300. The third kappa shape index (κ3) is 4.94. The SMILES string of the molecule is NCc1cccc(C(=O)NCCS(N)(=O)=O)c1. The third-order valence-corrected chi connectivity index (χ3v) is 2.87. The Morgan fingerprint density at radius 1 is 1.35 bits per heavy atom. The number of hydrogen-bond donors (Lipinski definition) is 3. The number of amides is 1. The van der Waals surface area contributed by atoms with Gasteiger partial charge < -0.3 is 11.1 Å². The highest BCUT2D eigenvalue weighted by molar-refractivity contribution is 7.89. The zero-order valence-corrected chi connectivity index (χ0v) is 10.0. The van der Waals surface area contributed by atoms with Gasteiger partial charge in [-0.3, -0.25) is 4.79 Å². The standard InChI is InChI=1S/C10H15N3O3S/c11-7-8-2-1-3-9(6-8)10(14)13-4-5-17(12,15)16/h1-3,6H,4-5,7,11H2,(H,13,14)(H2,12,15,16). The van der Waals surface area contributed by atoms with Gasteiger partial charge in [-0.25, -0.2) is 13.6 Å². The van der Waals surface area contributed by atoms with Crippen LogP contribution in [0.25, 0.3) is 0 Å². The summed E-state index contributed by atoms with van der Waals surface area (Å²) in [5.74, 6) is -0.626. The predicted octanol–water partition coefficient (Wildman–Crippen LogP) is -0.836. The molecule has 1 aromatic carbocycles. The number of nitrogens with one attached hydrogen (secondary N) is 1. The molecular weight excluding hydrogens is 242 g/mol. The lowest BCUT2D eigenvalue weighted by Crippen LogP contribution is -2.31. The minimum Gasteiger partial charge on any atom is -0.351 e. The summed E-state index contributed by atoms with van der Waals surface area (Å²) in [6.07, 6.45) is 0. The first-order valence-electron chi connectivity index (χ1n) is 5.00. The first kappa shape index (κ1) is 13.6. The van der Waals surface area contributed by atoms with Gasteiger partial charge in [-0.2, -0.15) is 0 Å². The van der Waals surface area contributed by atoms with E-state index in [-0.39, 0.29) is 18.2 Å². The highest BCUT2D eigenvalue weighted by Gasteiger charge is 2.07. The molecule has 17 heavy (non-hydrogen) atoms. The largest absolute Gasteiger partial charge is 0.351 e. The fourth-order valence-electron chi connectivity index (χ4n) is 1.25. The summed E-state index contributed by atoms with van der Waals surface area (Å²) in [4.78, 5) is 11.6. The van der Waals surface area contributed by atoms with E-state index in [1.807, 2.05) is 0 Å². The summed E-state index contributed by atoms with van der Waals surface area (Å²) in [5.41, 5.74) is 6.73. The highest BCUT2D eigenvalue weighted by atomic mass is 32.2. The average Bonchev–Trinajstić information content (AvgIpc) is 2.27. The van der Waals surface area contributed by atoms with Gasteiger partial charge in [0, 0.05) is 18.7 Å². The van der Waals surface area contributed by atoms with Crippen LogP contribution in [0, 0.1) is 0 Å². The summed E-state index contributed by atoms with van der Waals surface area (Å²) in [6, 6.07) is 6.82. The van der Waals surface area contributed by atoms with Gasteiger partial charge >= 0.3 is 0 Å². The summed E-state index contributed by atoms with van der Waals surface area (Å²) in [5, 5.41) is 7.28. The molecule has 0 aliphatic rings. The molecule has 0 unspecified atom stereocenters. The van der Waals surface area contributed by atoms with E-state index in [1.54, 1.807) is 24.3 Å². The molecule has 7 heteroatoms. The van der Waals surface area contributed by atoms with Crippen LogP contribution in [0.3, 0.4) is 0 Å². The lowest BCUT2D eigenvalue weighted by atomic mass is 10.1. The Labute approximate surface area is 100 Å². The van der Waals surface area contributed by atoms with Crippen molar-refractivity contribution < 1.29 is 13.2 Å². The normalized spacial score (nSPS) is 11.2. The van der Waals surface area contributed by atoms with E-state index in [1.165, 1.54) is 0 Å². The van der Waals surface area contributed by atoms with E-state index >= 15 is 0 Å². The smallest absolute Gasteiger partial charge is 0.251 e. The quantitative estimate of drug-likeness (QED) is 0.638. The van der Waals surface area contributed by atoms with Gasteiger partial charge in [0.1, 0.15) is 0 Å². The minimum atomic E-state index is -3.55. The van der Waals surface area contributed by atoms with Gasteiger partial charge in [-0.05, 0) is 17.7 Å². The molecule has 0 aliphatic heterocycles. The van der Waals surface area contributed by atoms with Gasteiger partial charge in [0.2, 0.25) is 10.0 Å². The number of carbonyl (C=O) groups excluding carboxylic acids is 1. The molecule has 0 saturated carbocycles. The number of primary sulfonamides is 1. The Bertz CT molecular complexity index is 499. The van der Waals surface area contributed by atoms with Crippen molar-refractivity contribution in [2.24, 2.45) is 10.9 Å². The van der Waals surface area contributed by atoms with E-state index in [9.17, 15) is 13.2 Å². The van der Waals surface area contributed by atoms with E-state index in [0.717, 1.165) is 5.56 Å². The zero-order chi connectivity index (χ0) is 12.9. The molecule has 94 valence electrons. The van der Waals surface area contributed by atoms with Crippen molar-refractivity contribution in [1.29, 1.82) is 0 Å². The van der Waals surface area contributed by atoms with Crippen LogP contribution in [0.1, 0.15) is 15.9 Å². The van der Waals surface area contributed by atoms with Crippen LogP contribution in [-0.4, -0.2) is 26.6 Å². The first-order chi connectivity index (χ1) is 7.92. The number of carbonyl (C=O) groups is 1. The van der Waals surface area contributed by atoms with Crippen LogP contribution >= 0.6 is 0 Å². The molecule has 1 aromatic rings.